The Morgan fingerprint density at radius 2 is 2.14 bits per heavy atom. The molecule has 1 aromatic carbocycles. The second-order valence-corrected chi connectivity index (χ2v) is 9.68. The largest absolute Gasteiger partial charge is 0.361 e. The van der Waals surface area contributed by atoms with Crippen LogP contribution in [-0.4, -0.2) is 45.3 Å². The van der Waals surface area contributed by atoms with Crippen LogP contribution in [0.1, 0.15) is 50.7 Å². The van der Waals surface area contributed by atoms with Crippen LogP contribution in [0.2, 0.25) is 0 Å². The Labute approximate surface area is 194 Å². The van der Waals surface area contributed by atoms with Gasteiger partial charge in [-0.2, -0.15) is 0 Å². The summed E-state index contributed by atoms with van der Waals surface area (Å²) in [5.74, 6) is 1.64. The molecule has 3 unspecified atom stereocenters. The highest BCUT2D eigenvalue weighted by atomic mass is 127. The van der Waals surface area contributed by atoms with Gasteiger partial charge >= 0.3 is 0 Å². The van der Waals surface area contributed by atoms with E-state index >= 15 is 0 Å². The molecule has 1 aromatic heterocycles. The lowest BCUT2D eigenvalue weighted by molar-refractivity contribution is 0.413. The molecule has 1 heterocycles. The Hall–Kier alpha value is -1.09. The van der Waals surface area contributed by atoms with E-state index in [1.807, 2.05) is 6.92 Å². The van der Waals surface area contributed by atoms with Gasteiger partial charge in [0, 0.05) is 58.0 Å². The fourth-order valence-corrected chi connectivity index (χ4v) is 5.41. The van der Waals surface area contributed by atoms with E-state index in [1.165, 1.54) is 22.0 Å². The smallest absolute Gasteiger partial charge is 0.191 e. The third-order valence-electron chi connectivity index (χ3n) is 5.54. The molecule has 1 aliphatic carbocycles. The monoisotopic (exact) mass is 530 g/mol. The van der Waals surface area contributed by atoms with Gasteiger partial charge in [-0.15, -0.1) is 24.0 Å². The molecule has 7 heteroatoms. The van der Waals surface area contributed by atoms with Crippen molar-refractivity contribution in [2.24, 2.45) is 4.99 Å². The summed E-state index contributed by atoms with van der Waals surface area (Å²) >= 11 is 0. The number of halogens is 1. The Morgan fingerprint density at radius 3 is 2.90 bits per heavy atom. The van der Waals surface area contributed by atoms with E-state index in [-0.39, 0.29) is 24.0 Å². The first-order chi connectivity index (χ1) is 13.6. The maximum absolute atomic E-state index is 12.2. The SMILES string of the molecule is CCNC(=NCCc1c[nH]c2cc(C)ccc12)NC1CCCC(S(=O)CC)C1.I. The van der Waals surface area contributed by atoms with Crippen LogP contribution in [0, 0.1) is 6.92 Å². The van der Waals surface area contributed by atoms with E-state index in [2.05, 4.69) is 53.9 Å². The Kier molecular flexibility index (Phi) is 9.95. The van der Waals surface area contributed by atoms with Crippen molar-refractivity contribution in [1.29, 1.82) is 0 Å². The molecule has 1 aliphatic rings. The molecule has 3 atom stereocenters. The van der Waals surface area contributed by atoms with Crippen molar-refractivity contribution in [3.05, 3.63) is 35.5 Å². The van der Waals surface area contributed by atoms with Gasteiger partial charge in [0.15, 0.2) is 5.96 Å². The number of aliphatic imine (C=N–C) groups is 1. The van der Waals surface area contributed by atoms with Crippen molar-refractivity contribution in [2.75, 3.05) is 18.8 Å². The van der Waals surface area contributed by atoms with Crippen LogP contribution in [0.4, 0.5) is 0 Å². The lowest BCUT2D eigenvalue weighted by atomic mass is 9.95. The zero-order chi connectivity index (χ0) is 19.9. The molecule has 0 saturated heterocycles. The highest BCUT2D eigenvalue weighted by Gasteiger charge is 2.26. The van der Waals surface area contributed by atoms with E-state index in [4.69, 9.17) is 4.99 Å². The van der Waals surface area contributed by atoms with Crippen LogP contribution in [0.3, 0.4) is 0 Å². The molecule has 3 N–H and O–H groups in total. The maximum atomic E-state index is 12.2. The number of nitrogens with one attached hydrogen (secondary N) is 3. The van der Waals surface area contributed by atoms with Gasteiger partial charge in [-0.3, -0.25) is 9.20 Å². The third kappa shape index (κ3) is 6.70. The molecule has 162 valence electrons. The highest BCUT2D eigenvalue weighted by molar-refractivity contribution is 14.0. The molecule has 1 fully saturated rings. The summed E-state index contributed by atoms with van der Waals surface area (Å²) in [5, 5.41) is 8.57. The summed E-state index contributed by atoms with van der Waals surface area (Å²) in [6.07, 6.45) is 7.35. The number of hydrogen-bond donors (Lipinski definition) is 3. The summed E-state index contributed by atoms with van der Waals surface area (Å²) in [7, 11) is -0.697. The van der Waals surface area contributed by atoms with Crippen molar-refractivity contribution in [1.82, 2.24) is 15.6 Å². The molecule has 0 bridgehead atoms. The molecular formula is C22H35IN4OS. The number of benzene rings is 1. The van der Waals surface area contributed by atoms with E-state index < -0.39 is 10.8 Å². The minimum Gasteiger partial charge on any atom is -0.361 e. The predicted molar refractivity (Wildman–Crippen MR) is 136 cm³/mol. The van der Waals surface area contributed by atoms with Gasteiger partial charge < -0.3 is 15.6 Å². The minimum atomic E-state index is -0.697. The van der Waals surface area contributed by atoms with Gasteiger partial charge in [0.1, 0.15) is 0 Å². The van der Waals surface area contributed by atoms with Crippen molar-refractivity contribution in [3.8, 4) is 0 Å². The van der Waals surface area contributed by atoms with Crippen molar-refractivity contribution >= 4 is 51.6 Å². The van der Waals surface area contributed by atoms with Gasteiger partial charge in [0.25, 0.3) is 0 Å². The van der Waals surface area contributed by atoms with Gasteiger partial charge in [-0.25, -0.2) is 0 Å². The third-order valence-corrected chi connectivity index (χ3v) is 7.28. The maximum Gasteiger partial charge on any atom is 0.191 e. The van der Waals surface area contributed by atoms with Crippen molar-refractivity contribution in [3.63, 3.8) is 0 Å². The average Bonchev–Trinajstić information content (AvgIpc) is 3.09. The summed E-state index contributed by atoms with van der Waals surface area (Å²) in [6, 6.07) is 6.91. The molecule has 0 radical (unpaired) electrons. The second-order valence-electron chi connectivity index (χ2n) is 7.67. The van der Waals surface area contributed by atoms with Crippen LogP contribution in [0.15, 0.2) is 29.4 Å². The lowest BCUT2D eigenvalue weighted by Gasteiger charge is -2.30. The van der Waals surface area contributed by atoms with Gasteiger partial charge in [0.05, 0.1) is 0 Å². The van der Waals surface area contributed by atoms with E-state index in [1.54, 1.807) is 0 Å². The molecule has 0 spiro atoms. The standard InChI is InChI=1S/C22H34N4OS.HI/c1-4-23-22(26-18-7-6-8-19(14-18)28(27)5-2)24-12-11-17-15-25-21-13-16(3)9-10-20(17)21;/h9-10,13,15,18-19,25H,4-8,11-12,14H2,1-3H3,(H2,23,24,26);1H. The molecule has 0 amide bonds. The number of hydrogen-bond acceptors (Lipinski definition) is 2. The number of aromatic amines is 1. The predicted octanol–water partition coefficient (Wildman–Crippen LogP) is 4.27. The summed E-state index contributed by atoms with van der Waals surface area (Å²) in [5.41, 5.74) is 3.78. The normalized spacial score (nSPS) is 20.9. The number of aryl methyl sites for hydroxylation is 1. The van der Waals surface area contributed by atoms with Crippen molar-refractivity contribution in [2.45, 2.75) is 64.2 Å². The highest BCUT2D eigenvalue weighted by Crippen LogP contribution is 2.23. The van der Waals surface area contributed by atoms with E-state index in [0.29, 0.717) is 11.3 Å². The van der Waals surface area contributed by atoms with Crippen LogP contribution in [0.5, 0.6) is 0 Å². The van der Waals surface area contributed by atoms with Crippen LogP contribution in [-0.2, 0) is 17.2 Å². The Bertz CT molecular complexity index is 835. The quantitative estimate of drug-likeness (QED) is 0.285. The van der Waals surface area contributed by atoms with E-state index in [9.17, 15) is 4.21 Å². The summed E-state index contributed by atoms with van der Waals surface area (Å²) in [6.45, 7) is 7.81. The zero-order valence-corrected chi connectivity index (χ0v) is 20.9. The number of aromatic nitrogens is 1. The molecular weight excluding hydrogens is 495 g/mol. The Balaban J connectivity index is 0.00000300. The zero-order valence-electron chi connectivity index (χ0n) is 17.8. The Morgan fingerprint density at radius 1 is 1.31 bits per heavy atom. The first-order valence-electron chi connectivity index (χ1n) is 10.6. The lowest BCUT2D eigenvalue weighted by Crippen LogP contribution is -2.46. The van der Waals surface area contributed by atoms with Crippen molar-refractivity contribution < 1.29 is 4.21 Å². The van der Waals surface area contributed by atoms with Gasteiger partial charge in [0.2, 0.25) is 0 Å². The average molecular weight is 531 g/mol. The number of rotatable bonds is 7. The first-order valence-corrected chi connectivity index (χ1v) is 12.0. The van der Waals surface area contributed by atoms with Gasteiger partial charge in [-0.05, 0) is 56.7 Å². The molecule has 5 nitrogen and oxygen atoms in total. The molecule has 1 saturated carbocycles. The number of guanidine groups is 1. The fourth-order valence-electron chi connectivity index (χ4n) is 4.06. The first kappa shape index (κ1) is 24.2. The molecule has 0 aliphatic heterocycles. The number of H-pyrrole nitrogens is 1. The van der Waals surface area contributed by atoms with Gasteiger partial charge in [-0.1, -0.05) is 25.5 Å². The minimum absolute atomic E-state index is 0. The summed E-state index contributed by atoms with van der Waals surface area (Å²) < 4.78 is 12.2. The molecule has 2 aromatic rings. The second kappa shape index (κ2) is 11.9. The van der Waals surface area contributed by atoms with Crippen LogP contribution < -0.4 is 10.6 Å². The van der Waals surface area contributed by atoms with Crippen LogP contribution >= 0.6 is 24.0 Å². The topological polar surface area (TPSA) is 69.3 Å². The number of nitrogens with zero attached hydrogens (tertiary/aromatic N) is 1. The molecule has 29 heavy (non-hydrogen) atoms. The number of fused-ring (bicyclic) bond motifs is 1. The van der Waals surface area contributed by atoms with E-state index in [0.717, 1.165) is 56.9 Å². The molecule has 3 rings (SSSR count). The van der Waals surface area contributed by atoms with Crippen LogP contribution in [0.25, 0.3) is 10.9 Å². The summed E-state index contributed by atoms with van der Waals surface area (Å²) in [4.78, 5) is 8.17. The fraction of sp³-hybridized carbons (Fsp3) is 0.591.